The van der Waals surface area contributed by atoms with Crippen LogP contribution in [0.2, 0.25) is 0 Å². The van der Waals surface area contributed by atoms with Gasteiger partial charge in [-0.05, 0) is 73.7 Å². The number of rotatable bonds is 13. The van der Waals surface area contributed by atoms with Gasteiger partial charge in [0.2, 0.25) is 0 Å². The molecule has 176 valence electrons. The average molecular weight is 471 g/mol. The van der Waals surface area contributed by atoms with Crippen LogP contribution in [0, 0.1) is 0 Å². The summed E-state index contributed by atoms with van der Waals surface area (Å²) in [5.41, 5.74) is -0.995. The second-order valence-electron chi connectivity index (χ2n) is 7.32. The first-order valence-corrected chi connectivity index (χ1v) is 14.0. The highest BCUT2D eigenvalue weighted by Crippen LogP contribution is 2.29. The average Bonchev–Trinajstić information content (AvgIpc) is 2.67. The summed E-state index contributed by atoms with van der Waals surface area (Å²) >= 11 is 0. The summed E-state index contributed by atoms with van der Waals surface area (Å²) in [5, 5.41) is 0. The van der Waals surface area contributed by atoms with Gasteiger partial charge in [-0.25, -0.2) is 8.42 Å². The maximum atomic E-state index is 12.0. The number of hydrogen-bond donors (Lipinski definition) is 0. The molecular formula is C22H37F3O3S2. The first-order valence-electron chi connectivity index (χ1n) is 10.8. The lowest BCUT2D eigenvalue weighted by atomic mass is 10.2. The Hall–Kier alpha value is -0.730. The molecule has 0 aromatic heterocycles. The SMILES string of the molecule is CCCCC[S+](CCCCC)CCCCC.O=S(=O)([O-])c1ccc(C(F)(F)F)cc1. The van der Waals surface area contributed by atoms with Gasteiger partial charge < -0.3 is 4.55 Å². The normalized spacial score (nSPS) is 12.0. The van der Waals surface area contributed by atoms with E-state index in [-0.39, 0.29) is 0 Å². The lowest BCUT2D eigenvalue weighted by Crippen LogP contribution is -2.16. The minimum absolute atomic E-state index is 0.546. The number of benzene rings is 1. The Morgan fingerprint density at radius 2 is 1.13 bits per heavy atom. The van der Waals surface area contributed by atoms with E-state index >= 15 is 0 Å². The van der Waals surface area contributed by atoms with Crippen LogP contribution in [0.5, 0.6) is 0 Å². The minimum Gasteiger partial charge on any atom is -0.744 e. The second kappa shape index (κ2) is 16.0. The molecule has 0 atom stereocenters. The third-order valence-electron chi connectivity index (χ3n) is 4.58. The summed E-state index contributed by atoms with van der Waals surface area (Å²) in [6, 6.07) is 2.35. The summed E-state index contributed by atoms with van der Waals surface area (Å²) in [6.45, 7) is 6.94. The Bertz CT molecular complexity index is 621. The summed E-state index contributed by atoms with van der Waals surface area (Å²) in [5.74, 6) is 4.59. The number of halogens is 3. The fourth-order valence-electron chi connectivity index (χ4n) is 2.79. The van der Waals surface area contributed by atoms with Crippen LogP contribution < -0.4 is 0 Å². The standard InChI is InChI=1S/C15H33S.C7H5F3O3S/c1-4-7-10-13-16(14-11-8-5-2)15-12-9-6-3;8-7(9,10)5-1-3-6(4-2-5)14(11,12)13/h4-15H2,1-3H3;1-4H,(H,11,12,13)/q+1;/p-1. The summed E-state index contributed by atoms with van der Waals surface area (Å²) in [7, 11) is -3.91. The Kier molecular flexibility index (Phi) is 15.6. The predicted molar refractivity (Wildman–Crippen MR) is 120 cm³/mol. The number of unbranched alkanes of at least 4 members (excludes halogenated alkanes) is 6. The van der Waals surface area contributed by atoms with E-state index in [4.69, 9.17) is 0 Å². The van der Waals surface area contributed by atoms with Gasteiger partial charge in [0.05, 0.1) is 10.5 Å². The van der Waals surface area contributed by atoms with E-state index in [1.54, 1.807) is 0 Å². The Balaban J connectivity index is 0.000000564. The molecular weight excluding hydrogens is 433 g/mol. The van der Waals surface area contributed by atoms with Crippen molar-refractivity contribution in [1.82, 2.24) is 0 Å². The quantitative estimate of drug-likeness (QED) is 0.181. The van der Waals surface area contributed by atoms with Crippen molar-refractivity contribution in [2.75, 3.05) is 17.3 Å². The van der Waals surface area contributed by atoms with Crippen molar-refractivity contribution in [3.63, 3.8) is 0 Å². The van der Waals surface area contributed by atoms with Gasteiger partial charge in [-0.3, -0.25) is 0 Å². The fraction of sp³-hybridized carbons (Fsp3) is 0.727. The molecule has 8 heteroatoms. The molecule has 0 saturated heterocycles. The van der Waals surface area contributed by atoms with Gasteiger partial charge in [0.25, 0.3) is 0 Å². The zero-order valence-corrected chi connectivity index (χ0v) is 20.1. The van der Waals surface area contributed by atoms with Gasteiger partial charge in [-0.15, -0.1) is 0 Å². The lowest BCUT2D eigenvalue weighted by Gasteiger charge is -2.09. The van der Waals surface area contributed by atoms with Crippen molar-refractivity contribution in [2.24, 2.45) is 0 Å². The van der Waals surface area contributed by atoms with Crippen molar-refractivity contribution in [3.05, 3.63) is 29.8 Å². The highest BCUT2D eigenvalue weighted by atomic mass is 32.2. The van der Waals surface area contributed by atoms with Crippen molar-refractivity contribution in [1.29, 1.82) is 0 Å². The molecule has 0 heterocycles. The molecule has 0 saturated carbocycles. The highest BCUT2D eigenvalue weighted by Gasteiger charge is 2.30. The lowest BCUT2D eigenvalue weighted by molar-refractivity contribution is -0.137. The minimum atomic E-state index is -4.68. The summed E-state index contributed by atoms with van der Waals surface area (Å²) < 4.78 is 67.0. The van der Waals surface area contributed by atoms with E-state index in [9.17, 15) is 26.1 Å². The molecule has 3 nitrogen and oxygen atoms in total. The molecule has 0 N–H and O–H groups in total. The van der Waals surface area contributed by atoms with E-state index < -0.39 is 26.8 Å². The van der Waals surface area contributed by atoms with Crippen LogP contribution >= 0.6 is 0 Å². The molecule has 0 aliphatic rings. The van der Waals surface area contributed by atoms with Gasteiger partial charge in [0, 0.05) is 0 Å². The summed E-state index contributed by atoms with van der Waals surface area (Å²) in [4.78, 5) is -0.675. The molecule has 0 amide bonds. The van der Waals surface area contributed by atoms with E-state index in [0.29, 0.717) is 24.3 Å². The number of hydrogen-bond acceptors (Lipinski definition) is 3. The molecule has 0 aliphatic heterocycles. The van der Waals surface area contributed by atoms with E-state index in [0.717, 1.165) is 10.9 Å². The largest absolute Gasteiger partial charge is 0.744 e. The molecule has 1 aromatic carbocycles. The first kappa shape index (κ1) is 29.3. The maximum Gasteiger partial charge on any atom is 0.416 e. The molecule has 0 bridgehead atoms. The Morgan fingerprint density at radius 3 is 1.40 bits per heavy atom. The highest BCUT2D eigenvalue weighted by molar-refractivity contribution is 7.96. The van der Waals surface area contributed by atoms with Crippen LogP contribution in [-0.2, 0) is 27.2 Å². The maximum absolute atomic E-state index is 12.0. The third kappa shape index (κ3) is 14.3. The second-order valence-corrected chi connectivity index (χ2v) is 11.2. The summed E-state index contributed by atoms with van der Waals surface area (Å²) in [6.07, 6.45) is 8.39. The van der Waals surface area contributed by atoms with Crippen LogP contribution in [0.25, 0.3) is 0 Å². The third-order valence-corrected chi connectivity index (χ3v) is 8.03. The zero-order chi connectivity index (χ0) is 23.0. The van der Waals surface area contributed by atoms with Crippen molar-refractivity contribution < 1.29 is 26.1 Å². The molecule has 1 aromatic rings. The van der Waals surface area contributed by atoms with Crippen molar-refractivity contribution in [2.45, 2.75) is 89.6 Å². The van der Waals surface area contributed by atoms with Gasteiger partial charge in [0.1, 0.15) is 27.4 Å². The first-order chi connectivity index (χ1) is 14.1. The van der Waals surface area contributed by atoms with Crippen molar-refractivity contribution in [3.8, 4) is 0 Å². The van der Waals surface area contributed by atoms with Crippen LogP contribution in [0.1, 0.15) is 84.1 Å². The van der Waals surface area contributed by atoms with Crippen molar-refractivity contribution >= 4 is 21.0 Å². The van der Waals surface area contributed by atoms with E-state index in [1.807, 2.05) is 0 Å². The molecule has 0 unspecified atom stereocenters. The Labute approximate surface area is 183 Å². The topological polar surface area (TPSA) is 57.2 Å². The molecule has 30 heavy (non-hydrogen) atoms. The van der Waals surface area contributed by atoms with Crippen LogP contribution in [-0.4, -0.2) is 30.2 Å². The van der Waals surface area contributed by atoms with Crippen LogP contribution in [0.4, 0.5) is 13.2 Å². The van der Waals surface area contributed by atoms with E-state index in [2.05, 4.69) is 20.8 Å². The molecule has 0 aliphatic carbocycles. The van der Waals surface area contributed by atoms with Crippen LogP contribution in [0.15, 0.2) is 29.2 Å². The molecule has 1 rings (SSSR count). The predicted octanol–water partition coefficient (Wildman–Crippen LogP) is 6.78. The van der Waals surface area contributed by atoms with Crippen LogP contribution in [0.3, 0.4) is 0 Å². The van der Waals surface area contributed by atoms with E-state index in [1.165, 1.54) is 75.0 Å². The molecule has 0 fully saturated rings. The van der Waals surface area contributed by atoms with Gasteiger partial charge in [-0.1, -0.05) is 40.0 Å². The molecule has 0 spiro atoms. The molecule has 0 radical (unpaired) electrons. The Morgan fingerprint density at radius 1 is 0.767 bits per heavy atom. The van der Waals surface area contributed by atoms with Gasteiger partial charge in [0.15, 0.2) is 0 Å². The fourth-order valence-corrected chi connectivity index (χ4v) is 5.70. The van der Waals surface area contributed by atoms with Gasteiger partial charge in [-0.2, -0.15) is 13.2 Å². The monoisotopic (exact) mass is 470 g/mol. The zero-order valence-electron chi connectivity index (χ0n) is 18.5. The smallest absolute Gasteiger partial charge is 0.416 e. The van der Waals surface area contributed by atoms with Gasteiger partial charge >= 0.3 is 6.18 Å². The number of alkyl halides is 3.